The molecular formula is C25H27N7O2. The molecular weight excluding hydrogens is 430 g/mol. The van der Waals surface area contributed by atoms with Gasteiger partial charge in [-0.25, -0.2) is 9.97 Å². The molecule has 2 N–H and O–H groups in total. The molecule has 0 aromatic carbocycles. The Balaban J connectivity index is 1.36. The Morgan fingerprint density at radius 1 is 1.21 bits per heavy atom. The highest BCUT2D eigenvalue weighted by molar-refractivity contribution is 5.97. The van der Waals surface area contributed by atoms with Crippen LogP contribution < -0.4 is 10.6 Å². The molecule has 2 fully saturated rings. The Morgan fingerprint density at radius 2 is 2.09 bits per heavy atom. The zero-order valence-electron chi connectivity index (χ0n) is 19.3. The molecule has 3 aromatic heterocycles. The molecule has 3 aromatic rings. The Hall–Kier alpha value is -3.61. The van der Waals surface area contributed by atoms with Crippen LogP contribution in [0.5, 0.6) is 0 Å². The number of aromatic nitrogens is 4. The molecule has 1 aliphatic heterocycles. The van der Waals surface area contributed by atoms with Gasteiger partial charge < -0.3 is 20.3 Å². The van der Waals surface area contributed by atoms with E-state index in [0.29, 0.717) is 28.4 Å². The quantitative estimate of drug-likeness (QED) is 0.561. The highest BCUT2D eigenvalue weighted by Gasteiger charge is 2.30. The van der Waals surface area contributed by atoms with Crippen LogP contribution >= 0.6 is 0 Å². The van der Waals surface area contributed by atoms with E-state index in [-0.39, 0.29) is 17.9 Å². The number of morpholine rings is 1. The second kappa shape index (κ2) is 9.71. The van der Waals surface area contributed by atoms with Gasteiger partial charge in [0.1, 0.15) is 11.2 Å². The molecule has 0 unspecified atom stereocenters. The van der Waals surface area contributed by atoms with Gasteiger partial charge in [0.25, 0.3) is 0 Å². The maximum atomic E-state index is 12.1. The number of carbonyl (C=O) groups is 1. The fraction of sp³-hybridized carbons (Fsp3) is 0.400. The summed E-state index contributed by atoms with van der Waals surface area (Å²) >= 11 is 0. The summed E-state index contributed by atoms with van der Waals surface area (Å²) in [5, 5.41) is 15.1. The maximum Gasteiger partial charge on any atom is 0.228 e. The number of anilines is 2. The predicted molar refractivity (Wildman–Crippen MR) is 129 cm³/mol. The second-order valence-electron chi connectivity index (χ2n) is 8.79. The summed E-state index contributed by atoms with van der Waals surface area (Å²) in [5.41, 5.74) is 3.08. The lowest BCUT2D eigenvalue weighted by atomic mass is 10.1. The minimum absolute atomic E-state index is 0.0151. The Labute approximate surface area is 198 Å². The third-order valence-corrected chi connectivity index (χ3v) is 6.02. The van der Waals surface area contributed by atoms with Crippen LogP contribution in [0, 0.1) is 17.8 Å². The molecule has 4 heterocycles. The molecule has 0 spiro atoms. The first kappa shape index (κ1) is 22.2. The fourth-order valence-corrected chi connectivity index (χ4v) is 3.95. The highest BCUT2D eigenvalue weighted by atomic mass is 16.5. The van der Waals surface area contributed by atoms with Crippen LogP contribution in [0.3, 0.4) is 0 Å². The molecule has 0 bridgehead atoms. The van der Waals surface area contributed by atoms with Crippen molar-refractivity contribution in [2.45, 2.75) is 25.4 Å². The number of carbonyl (C=O) groups excluding carboxylic acids is 1. The van der Waals surface area contributed by atoms with Gasteiger partial charge in [0.05, 0.1) is 18.3 Å². The lowest BCUT2D eigenvalue weighted by molar-refractivity contribution is -0.117. The summed E-state index contributed by atoms with van der Waals surface area (Å²) in [6, 6.07) is 5.77. The molecule has 174 valence electrons. The van der Waals surface area contributed by atoms with E-state index in [1.807, 2.05) is 18.3 Å². The number of likely N-dealkylation sites (N-methyl/N-ethyl adjacent to an activating group) is 1. The van der Waals surface area contributed by atoms with Gasteiger partial charge in [0.15, 0.2) is 11.6 Å². The van der Waals surface area contributed by atoms with Crippen LogP contribution in [0.2, 0.25) is 0 Å². The molecule has 9 nitrogen and oxygen atoms in total. The summed E-state index contributed by atoms with van der Waals surface area (Å²) < 4.78 is 5.85. The standard InChI is InChI=1S/C25H27N7O2/c1-26-24-23-21(12-22(30-31-23)29-25(33)17-4-5-17)18(14-28-24)6-8-19-7-3-16(13-27-19)11-20-15-32(2)9-10-34-20/h3,7,12-14,17,20H,4-5,9-11,15H2,1-2H3,(H,26,28)(H,29,30,33)/t20-/m1/s1. The largest absolute Gasteiger partial charge is 0.375 e. The zero-order valence-corrected chi connectivity index (χ0v) is 19.3. The molecule has 1 saturated heterocycles. The Bertz CT molecular complexity index is 1260. The van der Waals surface area contributed by atoms with Gasteiger partial charge in [0, 0.05) is 50.3 Å². The van der Waals surface area contributed by atoms with Gasteiger partial charge >= 0.3 is 0 Å². The number of nitrogens with zero attached hydrogens (tertiary/aromatic N) is 5. The minimum Gasteiger partial charge on any atom is -0.375 e. The number of rotatable bonds is 5. The molecule has 1 amide bonds. The third-order valence-electron chi connectivity index (χ3n) is 6.02. The van der Waals surface area contributed by atoms with Crippen molar-refractivity contribution >= 4 is 28.4 Å². The van der Waals surface area contributed by atoms with Gasteiger partial charge in [-0.15, -0.1) is 10.2 Å². The smallest absolute Gasteiger partial charge is 0.228 e. The molecule has 2 aliphatic rings. The summed E-state index contributed by atoms with van der Waals surface area (Å²) in [7, 11) is 3.89. The summed E-state index contributed by atoms with van der Waals surface area (Å²) in [6.07, 6.45) is 6.43. The molecule has 9 heteroatoms. The van der Waals surface area contributed by atoms with E-state index in [0.717, 1.165) is 49.9 Å². The summed E-state index contributed by atoms with van der Waals surface area (Å²) in [4.78, 5) is 23.4. The van der Waals surface area contributed by atoms with Crippen molar-refractivity contribution in [1.29, 1.82) is 0 Å². The molecule has 5 rings (SSSR count). The topological polar surface area (TPSA) is 105 Å². The number of amides is 1. The molecule has 1 atom stereocenters. The second-order valence-corrected chi connectivity index (χ2v) is 8.79. The van der Waals surface area contributed by atoms with Crippen molar-refractivity contribution in [3.8, 4) is 11.8 Å². The number of hydrogen-bond donors (Lipinski definition) is 2. The van der Waals surface area contributed by atoms with Crippen LogP contribution in [0.25, 0.3) is 10.9 Å². The van der Waals surface area contributed by atoms with Crippen LogP contribution in [0.15, 0.2) is 30.6 Å². The number of nitrogens with one attached hydrogen (secondary N) is 2. The first-order chi connectivity index (χ1) is 16.6. The van der Waals surface area contributed by atoms with Crippen LogP contribution in [0.4, 0.5) is 11.6 Å². The lowest BCUT2D eigenvalue weighted by Crippen LogP contribution is -2.40. The van der Waals surface area contributed by atoms with E-state index in [1.165, 1.54) is 0 Å². The average molecular weight is 458 g/mol. The molecule has 34 heavy (non-hydrogen) atoms. The maximum absolute atomic E-state index is 12.1. The molecule has 0 radical (unpaired) electrons. The lowest BCUT2D eigenvalue weighted by Gasteiger charge is -2.30. The normalized spacial score (nSPS) is 18.2. The van der Waals surface area contributed by atoms with E-state index >= 15 is 0 Å². The van der Waals surface area contributed by atoms with Gasteiger partial charge in [0.2, 0.25) is 5.91 Å². The third kappa shape index (κ3) is 5.14. The summed E-state index contributed by atoms with van der Waals surface area (Å²) in [6.45, 7) is 2.67. The SMILES string of the molecule is CNc1ncc(C#Cc2ccc(C[C@@H]3CN(C)CCO3)cn2)c2cc(NC(=O)C3CC3)nnc12. The number of ether oxygens (including phenoxy) is 1. The van der Waals surface area contributed by atoms with E-state index < -0.39 is 0 Å². The fourth-order valence-electron chi connectivity index (χ4n) is 3.95. The van der Waals surface area contributed by atoms with Gasteiger partial charge in [-0.1, -0.05) is 12.0 Å². The van der Waals surface area contributed by atoms with Crippen LogP contribution in [-0.4, -0.2) is 70.9 Å². The van der Waals surface area contributed by atoms with Crippen molar-refractivity contribution in [2.24, 2.45) is 5.92 Å². The number of hydrogen-bond acceptors (Lipinski definition) is 8. The predicted octanol–water partition coefficient (Wildman–Crippen LogP) is 2.08. The highest BCUT2D eigenvalue weighted by Crippen LogP contribution is 2.30. The van der Waals surface area contributed by atoms with E-state index in [4.69, 9.17) is 4.74 Å². The van der Waals surface area contributed by atoms with Crippen molar-refractivity contribution in [3.63, 3.8) is 0 Å². The van der Waals surface area contributed by atoms with Gasteiger partial charge in [-0.2, -0.15) is 0 Å². The number of fused-ring (bicyclic) bond motifs is 1. The van der Waals surface area contributed by atoms with Crippen LogP contribution in [0.1, 0.15) is 29.7 Å². The Kier molecular flexibility index (Phi) is 6.34. The van der Waals surface area contributed by atoms with Crippen molar-refractivity contribution in [2.75, 3.05) is 44.4 Å². The molecule has 1 saturated carbocycles. The minimum atomic E-state index is -0.0151. The van der Waals surface area contributed by atoms with E-state index in [1.54, 1.807) is 19.3 Å². The monoisotopic (exact) mass is 457 g/mol. The van der Waals surface area contributed by atoms with Crippen molar-refractivity contribution < 1.29 is 9.53 Å². The first-order valence-corrected chi connectivity index (χ1v) is 11.5. The molecule has 1 aliphatic carbocycles. The first-order valence-electron chi connectivity index (χ1n) is 11.5. The Morgan fingerprint density at radius 3 is 2.82 bits per heavy atom. The van der Waals surface area contributed by atoms with Gasteiger partial charge in [-0.3, -0.25) is 4.79 Å². The zero-order chi connectivity index (χ0) is 23.5. The van der Waals surface area contributed by atoms with Crippen molar-refractivity contribution in [1.82, 2.24) is 25.1 Å². The van der Waals surface area contributed by atoms with E-state index in [9.17, 15) is 4.79 Å². The van der Waals surface area contributed by atoms with Crippen molar-refractivity contribution in [3.05, 3.63) is 47.4 Å². The number of pyridine rings is 2. The average Bonchev–Trinajstić information content (AvgIpc) is 3.69. The van der Waals surface area contributed by atoms with Gasteiger partial charge in [-0.05, 0) is 43.5 Å². The summed E-state index contributed by atoms with van der Waals surface area (Å²) in [5.74, 6) is 7.37. The van der Waals surface area contributed by atoms with E-state index in [2.05, 4.69) is 54.6 Å². The van der Waals surface area contributed by atoms with Crippen LogP contribution in [-0.2, 0) is 16.0 Å².